The number of hydrogen-bond donors (Lipinski definition) is 2. The highest BCUT2D eigenvalue weighted by atomic mass is 35.5. The predicted octanol–water partition coefficient (Wildman–Crippen LogP) is 3.75. The lowest BCUT2D eigenvalue weighted by Crippen LogP contribution is -2.13. The van der Waals surface area contributed by atoms with Crippen molar-refractivity contribution in [1.82, 2.24) is 9.78 Å². The first-order valence-corrected chi connectivity index (χ1v) is 8.43. The maximum Gasteiger partial charge on any atom is 0.276 e. The van der Waals surface area contributed by atoms with E-state index in [1.54, 1.807) is 18.2 Å². The van der Waals surface area contributed by atoms with E-state index in [1.165, 1.54) is 24.8 Å². The van der Waals surface area contributed by atoms with Crippen molar-refractivity contribution >= 4 is 34.9 Å². The maximum atomic E-state index is 12.6. The predicted molar refractivity (Wildman–Crippen MR) is 104 cm³/mol. The molecule has 27 heavy (non-hydrogen) atoms. The number of aromatic nitrogens is 2. The number of nitrogens with one attached hydrogen (secondary N) is 2. The van der Waals surface area contributed by atoms with Crippen LogP contribution in [-0.4, -0.2) is 28.7 Å². The minimum atomic E-state index is -0.433. The van der Waals surface area contributed by atoms with Crippen molar-refractivity contribution in [2.45, 2.75) is 6.92 Å². The minimum Gasteiger partial charge on any atom is -0.495 e. The number of nitrogens with zero attached hydrogens (tertiary/aromatic N) is 2. The summed E-state index contributed by atoms with van der Waals surface area (Å²) in [5, 5.41) is 10.1. The number of carbonyl (C=O) groups excluding carboxylic acids is 2. The van der Waals surface area contributed by atoms with Crippen LogP contribution >= 0.6 is 11.6 Å². The van der Waals surface area contributed by atoms with E-state index in [0.29, 0.717) is 28.0 Å². The number of methoxy groups -OCH3 is 1. The van der Waals surface area contributed by atoms with E-state index in [9.17, 15) is 9.59 Å². The largest absolute Gasteiger partial charge is 0.495 e. The minimum absolute atomic E-state index is 0.148. The fourth-order valence-electron chi connectivity index (χ4n) is 2.47. The Morgan fingerprint density at radius 1 is 1.07 bits per heavy atom. The molecule has 0 aliphatic carbocycles. The number of hydrogen-bond acceptors (Lipinski definition) is 4. The third-order valence-corrected chi connectivity index (χ3v) is 3.95. The summed E-state index contributed by atoms with van der Waals surface area (Å²) in [7, 11) is 1.51. The normalized spacial score (nSPS) is 10.3. The summed E-state index contributed by atoms with van der Waals surface area (Å²) in [6, 6.07) is 15.6. The van der Waals surface area contributed by atoms with E-state index >= 15 is 0 Å². The molecule has 2 aromatic carbocycles. The molecule has 3 rings (SSSR count). The first kappa shape index (κ1) is 18.5. The lowest BCUT2D eigenvalue weighted by Gasteiger charge is -2.07. The lowest BCUT2D eigenvalue weighted by atomic mass is 10.3. The Morgan fingerprint density at radius 2 is 1.81 bits per heavy atom. The molecule has 0 unspecified atom stereocenters. The van der Waals surface area contributed by atoms with E-state index in [4.69, 9.17) is 16.3 Å². The van der Waals surface area contributed by atoms with Gasteiger partial charge in [-0.25, -0.2) is 4.68 Å². The molecule has 0 radical (unpaired) electrons. The summed E-state index contributed by atoms with van der Waals surface area (Å²) < 4.78 is 6.59. The van der Waals surface area contributed by atoms with Crippen LogP contribution < -0.4 is 15.4 Å². The number of carbonyl (C=O) groups is 2. The molecular formula is C19H17ClN4O3. The highest BCUT2D eigenvalue weighted by Crippen LogP contribution is 2.27. The molecule has 0 saturated carbocycles. The molecular weight excluding hydrogens is 368 g/mol. The van der Waals surface area contributed by atoms with E-state index in [1.807, 2.05) is 30.3 Å². The number of amides is 2. The summed E-state index contributed by atoms with van der Waals surface area (Å²) in [5.41, 5.74) is 1.36. The number of para-hydroxylation sites is 1. The van der Waals surface area contributed by atoms with Gasteiger partial charge in [-0.05, 0) is 30.3 Å². The van der Waals surface area contributed by atoms with Crippen molar-refractivity contribution in [3.05, 3.63) is 65.3 Å². The molecule has 3 aromatic rings. The molecule has 1 heterocycles. The first-order valence-electron chi connectivity index (χ1n) is 8.06. The Bertz CT molecular complexity index is 986. The van der Waals surface area contributed by atoms with Crippen LogP contribution in [0.3, 0.4) is 0 Å². The van der Waals surface area contributed by atoms with Crippen LogP contribution in [0.1, 0.15) is 17.4 Å². The Balaban J connectivity index is 1.89. The number of rotatable bonds is 5. The summed E-state index contributed by atoms with van der Waals surface area (Å²) in [4.78, 5) is 24.1. The fraction of sp³-hybridized carbons (Fsp3) is 0.105. The van der Waals surface area contributed by atoms with E-state index in [-0.39, 0.29) is 11.6 Å². The van der Waals surface area contributed by atoms with Crippen molar-refractivity contribution in [2.24, 2.45) is 0 Å². The third kappa shape index (κ3) is 4.27. The zero-order valence-electron chi connectivity index (χ0n) is 14.7. The van der Waals surface area contributed by atoms with Crippen LogP contribution in [0.25, 0.3) is 5.69 Å². The monoisotopic (exact) mass is 384 g/mol. The molecule has 2 amide bonds. The van der Waals surface area contributed by atoms with Crippen molar-refractivity contribution < 1.29 is 14.3 Å². The van der Waals surface area contributed by atoms with Crippen LogP contribution in [0, 0.1) is 0 Å². The van der Waals surface area contributed by atoms with E-state index in [2.05, 4.69) is 15.7 Å². The van der Waals surface area contributed by atoms with Gasteiger partial charge in [-0.3, -0.25) is 9.59 Å². The summed E-state index contributed by atoms with van der Waals surface area (Å²) in [6.07, 6.45) is 0. The van der Waals surface area contributed by atoms with Crippen molar-refractivity contribution in [1.29, 1.82) is 0 Å². The molecule has 0 atom stereocenters. The molecule has 7 nitrogen and oxygen atoms in total. The summed E-state index contributed by atoms with van der Waals surface area (Å²) in [5.74, 6) is 0.209. The van der Waals surface area contributed by atoms with Gasteiger partial charge in [0, 0.05) is 18.7 Å². The summed E-state index contributed by atoms with van der Waals surface area (Å²) >= 11 is 6.08. The zero-order valence-corrected chi connectivity index (χ0v) is 15.4. The lowest BCUT2D eigenvalue weighted by molar-refractivity contribution is -0.114. The highest BCUT2D eigenvalue weighted by Gasteiger charge is 2.17. The van der Waals surface area contributed by atoms with Gasteiger partial charge in [0.05, 0.1) is 17.8 Å². The molecule has 0 aliphatic heterocycles. The molecule has 0 fully saturated rings. The Labute approximate surface area is 160 Å². The number of anilines is 2. The second-order valence-electron chi connectivity index (χ2n) is 5.65. The van der Waals surface area contributed by atoms with Gasteiger partial charge in [-0.2, -0.15) is 5.10 Å². The fourth-order valence-corrected chi connectivity index (χ4v) is 2.72. The molecule has 8 heteroatoms. The molecule has 0 bridgehead atoms. The quantitative estimate of drug-likeness (QED) is 0.701. The standard InChI is InChI=1S/C19H17ClN4O3/c1-12(25)21-18-11-16(23-24(18)14-6-4-3-5-7-14)19(26)22-13-8-9-17(27-2)15(20)10-13/h3-11H,1-2H3,(H,21,25)(H,22,26). The second kappa shape index (κ2) is 7.92. The van der Waals surface area contributed by atoms with Gasteiger partial charge in [0.2, 0.25) is 5.91 Å². The Hall–Kier alpha value is -3.32. The van der Waals surface area contributed by atoms with Crippen LogP contribution in [0.2, 0.25) is 5.02 Å². The van der Waals surface area contributed by atoms with Crippen molar-refractivity contribution in [3.63, 3.8) is 0 Å². The number of ether oxygens (including phenoxy) is 1. The van der Waals surface area contributed by atoms with Gasteiger partial charge >= 0.3 is 0 Å². The smallest absolute Gasteiger partial charge is 0.276 e. The van der Waals surface area contributed by atoms with Gasteiger partial charge in [0.25, 0.3) is 5.91 Å². The van der Waals surface area contributed by atoms with Crippen molar-refractivity contribution in [2.75, 3.05) is 17.7 Å². The average Bonchev–Trinajstić information content (AvgIpc) is 3.06. The van der Waals surface area contributed by atoms with E-state index in [0.717, 1.165) is 0 Å². The van der Waals surface area contributed by atoms with E-state index < -0.39 is 5.91 Å². The van der Waals surface area contributed by atoms with Crippen LogP contribution in [-0.2, 0) is 4.79 Å². The third-order valence-electron chi connectivity index (χ3n) is 3.66. The first-order chi connectivity index (χ1) is 13.0. The van der Waals surface area contributed by atoms with Gasteiger partial charge in [-0.1, -0.05) is 29.8 Å². The van der Waals surface area contributed by atoms with Gasteiger partial charge in [-0.15, -0.1) is 0 Å². The molecule has 0 spiro atoms. The van der Waals surface area contributed by atoms with Crippen molar-refractivity contribution in [3.8, 4) is 11.4 Å². The van der Waals surface area contributed by atoms with Crippen LogP contribution in [0.5, 0.6) is 5.75 Å². The van der Waals surface area contributed by atoms with Gasteiger partial charge < -0.3 is 15.4 Å². The Morgan fingerprint density at radius 3 is 2.44 bits per heavy atom. The number of benzene rings is 2. The molecule has 0 saturated heterocycles. The molecule has 138 valence electrons. The Kier molecular flexibility index (Phi) is 5.42. The second-order valence-corrected chi connectivity index (χ2v) is 6.05. The highest BCUT2D eigenvalue weighted by molar-refractivity contribution is 6.32. The van der Waals surface area contributed by atoms with Crippen LogP contribution in [0.4, 0.5) is 11.5 Å². The van der Waals surface area contributed by atoms with Gasteiger partial charge in [0.15, 0.2) is 5.69 Å². The van der Waals surface area contributed by atoms with Crippen LogP contribution in [0.15, 0.2) is 54.6 Å². The zero-order chi connectivity index (χ0) is 19.4. The molecule has 1 aromatic heterocycles. The average molecular weight is 385 g/mol. The summed E-state index contributed by atoms with van der Waals surface area (Å²) in [6.45, 7) is 1.39. The molecule has 0 aliphatic rings. The number of halogens is 1. The molecule has 2 N–H and O–H groups in total. The van der Waals surface area contributed by atoms with Gasteiger partial charge in [0.1, 0.15) is 11.6 Å². The topological polar surface area (TPSA) is 85.3 Å². The SMILES string of the molecule is COc1ccc(NC(=O)c2cc(NC(C)=O)n(-c3ccccc3)n2)cc1Cl. The maximum absolute atomic E-state index is 12.6.